The first kappa shape index (κ1) is 11.1. The third-order valence-corrected chi connectivity index (χ3v) is 2.68. The molecular formula is C12H10IN3. The van der Waals surface area contributed by atoms with E-state index >= 15 is 0 Å². The highest BCUT2D eigenvalue weighted by atomic mass is 127. The van der Waals surface area contributed by atoms with E-state index in [1.807, 2.05) is 36.4 Å². The van der Waals surface area contributed by atoms with E-state index in [2.05, 4.69) is 38.1 Å². The minimum atomic E-state index is 0.978. The van der Waals surface area contributed by atoms with Crippen molar-refractivity contribution in [3.63, 3.8) is 0 Å². The summed E-state index contributed by atoms with van der Waals surface area (Å²) in [4.78, 5) is 3.94. The molecule has 0 amide bonds. The van der Waals surface area contributed by atoms with Crippen LogP contribution in [0.3, 0.4) is 0 Å². The van der Waals surface area contributed by atoms with Gasteiger partial charge in [-0.3, -0.25) is 10.4 Å². The molecule has 0 aliphatic rings. The smallest absolute Gasteiger partial charge is 0.0562 e. The van der Waals surface area contributed by atoms with Crippen LogP contribution in [0.1, 0.15) is 5.56 Å². The zero-order valence-corrected chi connectivity index (χ0v) is 10.6. The minimum Gasteiger partial charge on any atom is -0.279 e. The number of anilines is 1. The first-order valence-electron chi connectivity index (χ1n) is 4.79. The SMILES string of the molecule is Ic1ccc(NN=Cc2ccncc2)cc1. The fourth-order valence-electron chi connectivity index (χ4n) is 1.16. The van der Waals surface area contributed by atoms with Crippen molar-refractivity contribution in [3.8, 4) is 0 Å². The summed E-state index contributed by atoms with van der Waals surface area (Å²) in [5, 5.41) is 4.14. The van der Waals surface area contributed by atoms with Gasteiger partial charge in [-0.1, -0.05) is 0 Å². The quantitative estimate of drug-likeness (QED) is 0.535. The van der Waals surface area contributed by atoms with E-state index in [0.717, 1.165) is 11.3 Å². The Morgan fingerprint density at radius 1 is 1.06 bits per heavy atom. The number of rotatable bonds is 3. The van der Waals surface area contributed by atoms with Gasteiger partial charge in [-0.05, 0) is 64.6 Å². The van der Waals surface area contributed by atoms with Gasteiger partial charge in [0.05, 0.1) is 11.9 Å². The maximum atomic E-state index is 4.14. The Morgan fingerprint density at radius 3 is 2.44 bits per heavy atom. The number of nitrogens with zero attached hydrogens (tertiary/aromatic N) is 2. The largest absolute Gasteiger partial charge is 0.279 e. The summed E-state index contributed by atoms with van der Waals surface area (Å²) in [6, 6.07) is 11.9. The van der Waals surface area contributed by atoms with Crippen LogP contribution in [0.2, 0.25) is 0 Å². The lowest BCUT2D eigenvalue weighted by Crippen LogP contribution is -1.90. The Kier molecular flexibility index (Phi) is 3.87. The molecule has 0 aliphatic heterocycles. The van der Waals surface area contributed by atoms with Gasteiger partial charge in [0.15, 0.2) is 0 Å². The van der Waals surface area contributed by atoms with Gasteiger partial charge in [-0.2, -0.15) is 5.10 Å². The normalized spacial score (nSPS) is 10.6. The molecule has 16 heavy (non-hydrogen) atoms. The van der Waals surface area contributed by atoms with Crippen LogP contribution in [0.15, 0.2) is 53.9 Å². The second-order valence-corrected chi connectivity index (χ2v) is 4.40. The first-order valence-corrected chi connectivity index (χ1v) is 5.87. The van der Waals surface area contributed by atoms with Gasteiger partial charge in [-0.15, -0.1) is 0 Å². The Labute approximate surface area is 108 Å². The van der Waals surface area contributed by atoms with Crippen molar-refractivity contribution in [1.82, 2.24) is 4.98 Å². The van der Waals surface area contributed by atoms with Crippen LogP contribution < -0.4 is 5.43 Å². The van der Waals surface area contributed by atoms with Crippen LogP contribution in [-0.2, 0) is 0 Å². The maximum absolute atomic E-state index is 4.14. The fraction of sp³-hybridized carbons (Fsp3) is 0. The van der Waals surface area contributed by atoms with Crippen LogP contribution in [-0.4, -0.2) is 11.2 Å². The lowest BCUT2D eigenvalue weighted by molar-refractivity contribution is 1.31. The summed E-state index contributed by atoms with van der Waals surface area (Å²) >= 11 is 2.27. The van der Waals surface area contributed by atoms with Crippen molar-refractivity contribution in [2.75, 3.05) is 5.43 Å². The number of hydrazone groups is 1. The molecule has 1 aromatic heterocycles. The lowest BCUT2D eigenvalue weighted by atomic mass is 10.3. The van der Waals surface area contributed by atoms with E-state index < -0.39 is 0 Å². The average Bonchev–Trinajstić information content (AvgIpc) is 2.33. The highest BCUT2D eigenvalue weighted by molar-refractivity contribution is 14.1. The number of benzene rings is 1. The zero-order chi connectivity index (χ0) is 11.2. The standard InChI is InChI=1S/C12H10IN3/c13-11-1-3-12(4-2-11)16-15-9-10-5-7-14-8-6-10/h1-9,16H. The topological polar surface area (TPSA) is 37.3 Å². The predicted molar refractivity (Wildman–Crippen MR) is 74.6 cm³/mol. The molecule has 0 bridgehead atoms. The van der Waals surface area contributed by atoms with E-state index in [9.17, 15) is 0 Å². The van der Waals surface area contributed by atoms with Crippen LogP contribution in [0, 0.1) is 3.57 Å². The molecule has 0 saturated heterocycles. The molecule has 0 saturated carbocycles. The first-order chi connectivity index (χ1) is 7.84. The predicted octanol–water partition coefficient (Wildman–Crippen LogP) is 3.13. The maximum Gasteiger partial charge on any atom is 0.0562 e. The Hall–Kier alpha value is -1.43. The van der Waals surface area contributed by atoms with Crippen molar-refractivity contribution in [2.24, 2.45) is 5.10 Å². The molecule has 1 N–H and O–H groups in total. The molecule has 80 valence electrons. The van der Waals surface area contributed by atoms with Gasteiger partial charge in [-0.25, -0.2) is 0 Å². The van der Waals surface area contributed by atoms with E-state index in [1.54, 1.807) is 18.6 Å². The van der Waals surface area contributed by atoms with E-state index in [4.69, 9.17) is 0 Å². The molecule has 0 atom stereocenters. The average molecular weight is 323 g/mol. The van der Waals surface area contributed by atoms with Crippen LogP contribution in [0.25, 0.3) is 0 Å². The number of nitrogens with one attached hydrogen (secondary N) is 1. The second-order valence-electron chi connectivity index (χ2n) is 3.16. The molecule has 0 fully saturated rings. The number of halogens is 1. The molecule has 1 aromatic carbocycles. The number of hydrogen-bond acceptors (Lipinski definition) is 3. The van der Waals surface area contributed by atoms with Crippen molar-refractivity contribution in [3.05, 3.63) is 57.9 Å². The monoisotopic (exact) mass is 323 g/mol. The zero-order valence-electron chi connectivity index (χ0n) is 8.47. The van der Waals surface area contributed by atoms with Crippen molar-refractivity contribution in [1.29, 1.82) is 0 Å². The molecule has 3 nitrogen and oxygen atoms in total. The third kappa shape index (κ3) is 3.30. The molecule has 2 rings (SSSR count). The van der Waals surface area contributed by atoms with E-state index in [-0.39, 0.29) is 0 Å². The summed E-state index contributed by atoms with van der Waals surface area (Å²) in [5.74, 6) is 0. The Bertz CT molecular complexity index is 465. The molecule has 0 aliphatic carbocycles. The van der Waals surface area contributed by atoms with Crippen LogP contribution >= 0.6 is 22.6 Å². The molecule has 1 heterocycles. The van der Waals surface area contributed by atoms with Gasteiger partial charge in [0.1, 0.15) is 0 Å². The molecule has 4 heteroatoms. The van der Waals surface area contributed by atoms with E-state index in [0.29, 0.717) is 0 Å². The minimum absolute atomic E-state index is 0.978. The molecule has 0 radical (unpaired) electrons. The van der Waals surface area contributed by atoms with Gasteiger partial charge in [0, 0.05) is 16.0 Å². The summed E-state index contributed by atoms with van der Waals surface area (Å²) in [7, 11) is 0. The number of hydrogen-bond donors (Lipinski definition) is 1. The van der Waals surface area contributed by atoms with Crippen LogP contribution in [0.4, 0.5) is 5.69 Å². The van der Waals surface area contributed by atoms with Crippen molar-refractivity contribution in [2.45, 2.75) is 0 Å². The number of aromatic nitrogens is 1. The van der Waals surface area contributed by atoms with Gasteiger partial charge < -0.3 is 0 Å². The van der Waals surface area contributed by atoms with Crippen LogP contribution in [0.5, 0.6) is 0 Å². The summed E-state index contributed by atoms with van der Waals surface area (Å²) < 4.78 is 1.21. The molecule has 0 unspecified atom stereocenters. The third-order valence-electron chi connectivity index (χ3n) is 1.96. The van der Waals surface area contributed by atoms with Crippen molar-refractivity contribution >= 4 is 34.5 Å². The Morgan fingerprint density at radius 2 is 1.75 bits per heavy atom. The molecule has 0 spiro atoms. The highest BCUT2D eigenvalue weighted by Crippen LogP contribution is 2.10. The van der Waals surface area contributed by atoms with Crippen molar-refractivity contribution < 1.29 is 0 Å². The van der Waals surface area contributed by atoms with Gasteiger partial charge in [0.2, 0.25) is 0 Å². The number of pyridine rings is 1. The lowest BCUT2D eigenvalue weighted by Gasteiger charge is -1.99. The highest BCUT2D eigenvalue weighted by Gasteiger charge is 1.89. The summed E-state index contributed by atoms with van der Waals surface area (Å²) in [6.45, 7) is 0. The second kappa shape index (κ2) is 5.60. The molecular weight excluding hydrogens is 313 g/mol. The molecule has 2 aromatic rings. The summed E-state index contributed by atoms with van der Waals surface area (Å²) in [5.41, 5.74) is 4.96. The van der Waals surface area contributed by atoms with Gasteiger partial charge >= 0.3 is 0 Å². The van der Waals surface area contributed by atoms with Gasteiger partial charge in [0.25, 0.3) is 0 Å². The summed E-state index contributed by atoms with van der Waals surface area (Å²) in [6.07, 6.45) is 5.25. The fourth-order valence-corrected chi connectivity index (χ4v) is 1.51. The van der Waals surface area contributed by atoms with E-state index in [1.165, 1.54) is 3.57 Å². The Balaban J connectivity index is 1.97.